The van der Waals surface area contributed by atoms with Crippen molar-refractivity contribution in [1.29, 1.82) is 0 Å². The molecule has 2 aromatic carbocycles. The summed E-state index contributed by atoms with van der Waals surface area (Å²) in [4.78, 5) is 0. The molecular formula is C19H23NO5. The molecule has 1 aliphatic heterocycles. The zero-order valence-corrected chi connectivity index (χ0v) is 14.4. The number of hydrogen-bond donors (Lipinski definition) is 1. The molecule has 1 heterocycles. The average Bonchev–Trinajstić information content (AvgIpc) is 2.67. The summed E-state index contributed by atoms with van der Waals surface area (Å²) in [5.41, 5.74) is 0. The Hall–Kier alpha value is -2.44. The normalized spacial score (nSPS) is 17.0. The summed E-state index contributed by atoms with van der Waals surface area (Å²) >= 11 is 0. The number of benzene rings is 2. The summed E-state index contributed by atoms with van der Waals surface area (Å²) in [6, 6.07) is 15.1. The van der Waals surface area contributed by atoms with Gasteiger partial charge in [-0.2, -0.15) is 0 Å². The van der Waals surface area contributed by atoms with Gasteiger partial charge < -0.3 is 29.0 Å². The zero-order chi connectivity index (χ0) is 17.5. The summed E-state index contributed by atoms with van der Waals surface area (Å²) in [6.07, 6.45) is -0.494. The van der Waals surface area contributed by atoms with Gasteiger partial charge in [0.15, 0.2) is 23.0 Å². The number of hydrogen-bond acceptors (Lipinski definition) is 6. The molecule has 0 radical (unpaired) electrons. The predicted molar refractivity (Wildman–Crippen MR) is 93.6 cm³/mol. The second kappa shape index (κ2) is 8.60. The minimum atomic E-state index is -0.437. The molecule has 0 fully saturated rings. The maximum Gasteiger partial charge on any atom is 0.212 e. The van der Waals surface area contributed by atoms with Gasteiger partial charge in [0.2, 0.25) is 6.29 Å². The summed E-state index contributed by atoms with van der Waals surface area (Å²) < 4.78 is 28.1. The van der Waals surface area contributed by atoms with E-state index in [2.05, 4.69) is 5.32 Å². The van der Waals surface area contributed by atoms with Crippen LogP contribution in [0.4, 0.5) is 0 Å². The molecule has 2 atom stereocenters. The molecule has 1 N–H and O–H groups in total. The predicted octanol–water partition coefficient (Wildman–Crippen LogP) is 2.48. The Morgan fingerprint density at radius 1 is 1.04 bits per heavy atom. The van der Waals surface area contributed by atoms with Crippen LogP contribution in [0.3, 0.4) is 0 Å². The molecule has 0 aliphatic carbocycles. The molecule has 0 aromatic heterocycles. The van der Waals surface area contributed by atoms with Crippen LogP contribution in [0, 0.1) is 0 Å². The molecule has 6 heteroatoms. The van der Waals surface area contributed by atoms with Crippen LogP contribution < -0.4 is 24.3 Å². The first-order valence-corrected chi connectivity index (χ1v) is 8.22. The van der Waals surface area contributed by atoms with Gasteiger partial charge in [0.1, 0.15) is 12.7 Å². The van der Waals surface area contributed by atoms with E-state index in [4.69, 9.17) is 23.7 Å². The second-order valence-corrected chi connectivity index (χ2v) is 5.59. The van der Waals surface area contributed by atoms with E-state index in [-0.39, 0.29) is 6.10 Å². The van der Waals surface area contributed by atoms with Gasteiger partial charge in [-0.25, -0.2) is 0 Å². The summed E-state index contributed by atoms with van der Waals surface area (Å²) in [7, 11) is 3.22. The average molecular weight is 345 g/mol. The molecule has 6 nitrogen and oxygen atoms in total. The Labute approximate surface area is 147 Å². The molecule has 2 aromatic rings. The van der Waals surface area contributed by atoms with Crippen molar-refractivity contribution in [2.24, 2.45) is 0 Å². The highest BCUT2D eigenvalue weighted by molar-refractivity contribution is 5.41. The lowest BCUT2D eigenvalue weighted by atomic mass is 10.2. The third kappa shape index (κ3) is 4.55. The monoisotopic (exact) mass is 345 g/mol. The van der Waals surface area contributed by atoms with Gasteiger partial charge in [-0.3, -0.25) is 0 Å². The van der Waals surface area contributed by atoms with Gasteiger partial charge >= 0.3 is 0 Å². The van der Waals surface area contributed by atoms with Crippen LogP contribution in [0.15, 0.2) is 48.5 Å². The molecular weight excluding hydrogens is 322 g/mol. The highest BCUT2D eigenvalue weighted by Gasteiger charge is 2.21. The highest BCUT2D eigenvalue weighted by Crippen LogP contribution is 2.30. The van der Waals surface area contributed by atoms with E-state index in [1.807, 2.05) is 48.5 Å². The van der Waals surface area contributed by atoms with Crippen molar-refractivity contribution in [1.82, 2.24) is 5.32 Å². The number of fused-ring (bicyclic) bond motifs is 1. The molecule has 0 bridgehead atoms. The van der Waals surface area contributed by atoms with E-state index in [1.54, 1.807) is 14.2 Å². The maximum atomic E-state index is 5.91. The largest absolute Gasteiger partial charge is 0.493 e. The first-order valence-electron chi connectivity index (χ1n) is 8.22. The van der Waals surface area contributed by atoms with Crippen LogP contribution >= 0.6 is 0 Å². The van der Waals surface area contributed by atoms with Crippen molar-refractivity contribution in [2.45, 2.75) is 12.4 Å². The molecule has 134 valence electrons. The lowest BCUT2D eigenvalue weighted by molar-refractivity contribution is -0.0534. The molecule has 0 spiro atoms. The molecule has 3 rings (SSSR count). The van der Waals surface area contributed by atoms with Gasteiger partial charge in [0.25, 0.3) is 0 Å². The molecule has 0 saturated heterocycles. The standard InChI is InChI=1S/C19H23NO5/c1-21-15-7-3-5-9-17(15)25-19(22-2)12-20-11-14-13-23-16-8-4-6-10-18(16)24-14/h3-10,14,19-20H,11-13H2,1-2H3. The number of ether oxygens (including phenoxy) is 5. The fourth-order valence-electron chi connectivity index (χ4n) is 2.56. The lowest BCUT2D eigenvalue weighted by Gasteiger charge is -2.27. The van der Waals surface area contributed by atoms with E-state index in [0.29, 0.717) is 31.2 Å². The molecule has 0 amide bonds. The SMILES string of the molecule is COc1ccccc1OC(CNCC1COc2ccccc2O1)OC. The topological polar surface area (TPSA) is 58.2 Å². The van der Waals surface area contributed by atoms with Crippen molar-refractivity contribution < 1.29 is 23.7 Å². The van der Waals surface area contributed by atoms with Gasteiger partial charge in [0.05, 0.1) is 13.7 Å². The van der Waals surface area contributed by atoms with E-state index in [9.17, 15) is 0 Å². The van der Waals surface area contributed by atoms with Crippen LogP contribution in [0.2, 0.25) is 0 Å². The Kier molecular flexibility index (Phi) is 5.98. The first kappa shape index (κ1) is 17.4. The fraction of sp³-hybridized carbons (Fsp3) is 0.368. The van der Waals surface area contributed by atoms with Crippen molar-refractivity contribution in [3.8, 4) is 23.0 Å². The van der Waals surface area contributed by atoms with E-state index < -0.39 is 6.29 Å². The Morgan fingerprint density at radius 3 is 2.52 bits per heavy atom. The summed E-state index contributed by atoms with van der Waals surface area (Å²) in [5.74, 6) is 2.87. The zero-order valence-electron chi connectivity index (χ0n) is 14.4. The van der Waals surface area contributed by atoms with Crippen molar-refractivity contribution >= 4 is 0 Å². The van der Waals surface area contributed by atoms with Crippen LogP contribution in [0.1, 0.15) is 0 Å². The van der Waals surface area contributed by atoms with Crippen LogP contribution in [0.5, 0.6) is 23.0 Å². The van der Waals surface area contributed by atoms with Crippen molar-refractivity contribution in [3.05, 3.63) is 48.5 Å². The molecule has 0 saturated carbocycles. The molecule has 1 aliphatic rings. The van der Waals surface area contributed by atoms with Crippen molar-refractivity contribution in [2.75, 3.05) is 33.9 Å². The Bertz CT molecular complexity index is 678. The number of methoxy groups -OCH3 is 2. The van der Waals surface area contributed by atoms with Crippen molar-refractivity contribution in [3.63, 3.8) is 0 Å². The van der Waals surface area contributed by atoms with E-state index >= 15 is 0 Å². The summed E-state index contributed by atoms with van der Waals surface area (Å²) in [5, 5.41) is 3.30. The van der Waals surface area contributed by atoms with Gasteiger partial charge in [-0.05, 0) is 24.3 Å². The Morgan fingerprint density at radius 2 is 1.76 bits per heavy atom. The van der Waals surface area contributed by atoms with Crippen LogP contribution in [-0.4, -0.2) is 46.3 Å². The van der Waals surface area contributed by atoms with Gasteiger partial charge in [-0.15, -0.1) is 0 Å². The quantitative estimate of drug-likeness (QED) is 0.742. The minimum absolute atomic E-state index is 0.0568. The van der Waals surface area contributed by atoms with E-state index in [0.717, 1.165) is 11.5 Å². The second-order valence-electron chi connectivity index (χ2n) is 5.59. The fourth-order valence-corrected chi connectivity index (χ4v) is 2.56. The third-order valence-electron chi connectivity index (χ3n) is 3.84. The smallest absolute Gasteiger partial charge is 0.212 e. The number of rotatable bonds is 8. The number of para-hydroxylation sites is 4. The first-order chi connectivity index (χ1) is 12.3. The van der Waals surface area contributed by atoms with Gasteiger partial charge in [-0.1, -0.05) is 24.3 Å². The summed E-state index contributed by atoms with van der Waals surface area (Å²) in [6.45, 7) is 1.65. The highest BCUT2D eigenvalue weighted by atomic mass is 16.7. The Balaban J connectivity index is 1.47. The molecule has 25 heavy (non-hydrogen) atoms. The number of nitrogens with one attached hydrogen (secondary N) is 1. The van der Waals surface area contributed by atoms with Crippen LogP contribution in [-0.2, 0) is 4.74 Å². The lowest BCUT2D eigenvalue weighted by Crippen LogP contribution is -2.42. The van der Waals surface area contributed by atoms with E-state index in [1.165, 1.54) is 0 Å². The maximum absolute atomic E-state index is 5.91. The van der Waals surface area contributed by atoms with Gasteiger partial charge in [0, 0.05) is 13.7 Å². The minimum Gasteiger partial charge on any atom is -0.493 e. The van der Waals surface area contributed by atoms with Crippen LogP contribution in [0.25, 0.3) is 0 Å². The molecule has 2 unspecified atom stereocenters. The third-order valence-corrected chi connectivity index (χ3v) is 3.84.